The summed E-state index contributed by atoms with van der Waals surface area (Å²) in [6.07, 6.45) is 0. The van der Waals surface area contributed by atoms with Crippen LogP contribution in [0.25, 0.3) is 0 Å². The van der Waals surface area contributed by atoms with Crippen LogP contribution in [0.4, 0.5) is 20.2 Å². The van der Waals surface area contributed by atoms with Crippen molar-refractivity contribution in [3.63, 3.8) is 0 Å². The zero-order valence-electron chi connectivity index (χ0n) is 11.5. The van der Waals surface area contributed by atoms with Crippen molar-refractivity contribution in [3.8, 4) is 0 Å². The first-order chi connectivity index (χ1) is 9.79. The molecule has 0 aliphatic carbocycles. The van der Waals surface area contributed by atoms with Gasteiger partial charge >= 0.3 is 0 Å². The molecule has 112 valence electrons. The van der Waals surface area contributed by atoms with Gasteiger partial charge in [-0.25, -0.2) is 17.2 Å². The molecule has 0 radical (unpaired) electrons. The van der Waals surface area contributed by atoms with Crippen LogP contribution in [0.15, 0.2) is 47.4 Å². The molecule has 0 atom stereocenters. The molecule has 0 unspecified atom stereocenters. The van der Waals surface area contributed by atoms with Crippen LogP contribution in [0.2, 0.25) is 0 Å². The minimum atomic E-state index is -3.97. The predicted octanol–water partition coefficient (Wildman–Crippen LogP) is 2.83. The van der Waals surface area contributed by atoms with E-state index in [4.69, 9.17) is 0 Å². The van der Waals surface area contributed by atoms with Gasteiger partial charge in [-0.05, 0) is 36.4 Å². The molecule has 0 heterocycles. The molecule has 7 heteroatoms. The van der Waals surface area contributed by atoms with Crippen molar-refractivity contribution in [1.29, 1.82) is 0 Å². The quantitative estimate of drug-likeness (QED) is 0.944. The number of nitrogens with zero attached hydrogens (tertiary/aromatic N) is 1. The lowest BCUT2D eigenvalue weighted by Gasteiger charge is -2.14. The van der Waals surface area contributed by atoms with E-state index < -0.39 is 21.7 Å². The van der Waals surface area contributed by atoms with Crippen molar-refractivity contribution in [2.24, 2.45) is 0 Å². The molecule has 1 N–H and O–H groups in total. The van der Waals surface area contributed by atoms with Crippen LogP contribution in [-0.2, 0) is 10.0 Å². The fourth-order valence-electron chi connectivity index (χ4n) is 1.71. The number of anilines is 2. The molecule has 4 nitrogen and oxygen atoms in total. The van der Waals surface area contributed by atoms with Gasteiger partial charge in [0.05, 0.1) is 10.6 Å². The Morgan fingerprint density at radius 3 is 2.33 bits per heavy atom. The maximum Gasteiger partial charge on any atom is 0.262 e. The predicted molar refractivity (Wildman–Crippen MR) is 77.9 cm³/mol. The zero-order valence-corrected chi connectivity index (χ0v) is 12.3. The van der Waals surface area contributed by atoms with Crippen molar-refractivity contribution in [2.75, 3.05) is 23.7 Å². The highest BCUT2D eigenvalue weighted by molar-refractivity contribution is 7.92. The Morgan fingerprint density at radius 2 is 1.71 bits per heavy atom. The van der Waals surface area contributed by atoms with E-state index in [9.17, 15) is 17.2 Å². The number of nitrogens with one attached hydrogen (secondary N) is 1. The number of benzene rings is 2. The summed E-state index contributed by atoms with van der Waals surface area (Å²) in [7, 11) is -0.325. The molecule has 0 aliphatic rings. The van der Waals surface area contributed by atoms with Gasteiger partial charge in [0.1, 0.15) is 0 Å². The summed E-state index contributed by atoms with van der Waals surface area (Å²) in [5.41, 5.74) is 1.14. The van der Waals surface area contributed by atoms with Crippen molar-refractivity contribution in [3.05, 3.63) is 54.1 Å². The Hall–Kier alpha value is -2.15. The van der Waals surface area contributed by atoms with E-state index in [2.05, 4.69) is 4.72 Å². The number of hydrogen-bond acceptors (Lipinski definition) is 3. The van der Waals surface area contributed by atoms with E-state index in [1.54, 1.807) is 18.2 Å². The van der Waals surface area contributed by atoms with Gasteiger partial charge in [0, 0.05) is 19.8 Å². The SMILES string of the molecule is CN(C)c1cccc(NS(=O)(=O)c2ccc(F)c(F)c2)c1. The minimum Gasteiger partial charge on any atom is -0.378 e. The van der Waals surface area contributed by atoms with Gasteiger partial charge in [-0.3, -0.25) is 4.72 Å². The van der Waals surface area contributed by atoms with E-state index in [1.165, 1.54) is 0 Å². The molecule has 2 aromatic carbocycles. The minimum absolute atomic E-state index is 0.336. The molecule has 0 saturated heterocycles. The van der Waals surface area contributed by atoms with Gasteiger partial charge in [0.15, 0.2) is 11.6 Å². The number of halogens is 2. The molecule has 0 aliphatic heterocycles. The number of rotatable bonds is 4. The first-order valence-corrected chi connectivity index (χ1v) is 7.53. The average molecular weight is 312 g/mol. The second kappa shape index (κ2) is 5.69. The maximum atomic E-state index is 13.1. The molecule has 0 spiro atoms. The summed E-state index contributed by atoms with van der Waals surface area (Å²) in [4.78, 5) is 1.48. The average Bonchev–Trinajstić information content (AvgIpc) is 2.41. The van der Waals surface area contributed by atoms with Crippen molar-refractivity contribution >= 4 is 21.4 Å². The summed E-state index contributed by atoms with van der Waals surface area (Å²) < 4.78 is 52.6. The smallest absolute Gasteiger partial charge is 0.262 e. The standard InChI is InChI=1S/C14H14F2N2O2S/c1-18(2)11-5-3-4-10(8-11)17-21(19,20)12-6-7-13(15)14(16)9-12/h3-9,17H,1-2H3. The number of sulfonamides is 1. The third-order valence-corrected chi connectivity index (χ3v) is 4.20. The lowest BCUT2D eigenvalue weighted by atomic mass is 10.3. The molecule has 0 aromatic heterocycles. The summed E-state index contributed by atoms with van der Waals surface area (Å²) in [5, 5.41) is 0. The Labute approximate surface area is 122 Å². The topological polar surface area (TPSA) is 49.4 Å². The third kappa shape index (κ3) is 3.49. The van der Waals surface area contributed by atoms with E-state index in [1.807, 2.05) is 25.1 Å². The fraction of sp³-hybridized carbons (Fsp3) is 0.143. The zero-order chi connectivity index (χ0) is 15.6. The van der Waals surface area contributed by atoms with Crippen LogP contribution in [0.1, 0.15) is 0 Å². The largest absolute Gasteiger partial charge is 0.378 e. The van der Waals surface area contributed by atoms with Crippen LogP contribution in [-0.4, -0.2) is 22.5 Å². The molecule has 0 saturated carbocycles. The van der Waals surface area contributed by atoms with Gasteiger partial charge < -0.3 is 4.90 Å². The highest BCUT2D eigenvalue weighted by Crippen LogP contribution is 2.21. The molecule has 21 heavy (non-hydrogen) atoms. The molecule has 2 rings (SSSR count). The van der Waals surface area contributed by atoms with E-state index in [0.29, 0.717) is 11.8 Å². The van der Waals surface area contributed by atoms with Crippen molar-refractivity contribution in [2.45, 2.75) is 4.90 Å². The summed E-state index contributed by atoms with van der Waals surface area (Å²) in [6, 6.07) is 9.15. The first-order valence-electron chi connectivity index (χ1n) is 6.05. The van der Waals surface area contributed by atoms with Gasteiger partial charge in [0.25, 0.3) is 10.0 Å². The first kappa shape index (κ1) is 15.2. The lowest BCUT2D eigenvalue weighted by molar-refractivity contribution is 0.504. The molecule has 0 bridgehead atoms. The monoisotopic (exact) mass is 312 g/mol. The molecular formula is C14H14F2N2O2S. The highest BCUT2D eigenvalue weighted by atomic mass is 32.2. The van der Waals surface area contributed by atoms with Crippen LogP contribution < -0.4 is 9.62 Å². The van der Waals surface area contributed by atoms with Crippen LogP contribution in [0.3, 0.4) is 0 Å². The second-order valence-corrected chi connectivity index (χ2v) is 6.31. The van der Waals surface area contributed by atoms with Gasteiger partial charge in [0.2, 0.25) is 0 Å². The lowest BCUT2D eigenvalue weighted by Crippen LogP contribution is -2.14. The molecule has 0 amide bonds. The molecular weight excluding hydrogens is 298 g/mol. The summed E-state index contributed by atoms with van der Waals surface area (Å²) in [5.74, 6) is -2.30. The third-order valence-electron chi connectivity index (χ3n) is 2.82. The fourth-order valence-corrected chi connectivity index (χ4v) is 2.77. The summed E-state index contributed by atoms with van der Waals surface area (Å²) in [6.45, 7) is 0. The summed E-state index contributed by atoms with van der Waals surface area (Å²) >= 11 is 0. The normalized spacial score (nSPS) is 11.2. The van der Waals surface area contributed by atoms with E-state index >= 15 is 0 Å². The van der Waals surface area contributed by atoms with Gasteiger partial charge in [-0.15, -0.1) is 0 Å². The number of hydrogen-bond donors (Lipinski definition) is 1. The van der Waals surface area contributed by atoms with Crippen LogP contribution in [0.5, 0.6) is 0 Å². The van der Waals surface area contributed by atoms with Crippen molar-refractivity contribution in [1.82, 2.24) is 0 Å². The van der Waals surface area contributed by atoms with Crippen molar-refractivity contribution < 1.29 is 17.2 Å². The van der Waals surface area contributed by atoms with E-state index in [0.717, 1.165) is 17.8 Å². The Bertz CT molecular complexity index is 761. The van der Waals surface area contributed by atoms with E-state index in [-0.39, 0.29) is 4.90 Å². The molecule has 0 fully saturated rings. The Balaban J connectivity index is 2.33. The Kier molecular flexibility index (Phi) is 4.13. The second-order valence-electron chi connectivity index (χ2n) is 4.63. The Morgan fingerprint density at radius 1 is 1.00 bits per heavy atom. The maximum absolute atomic E-state index is 13.1. The highest BCUT2D eigenvalue weighted by Gasteiger charge is 2.16. The van der Waals surface area contributed by atoms with Gasteiger partial charge in [-0.1, -0.05) is 6.07 Å². The van der Waals surface area contributed by atoms with Crippen LogP contribution >= 0.6 is 0 Å². The molecule has 2 aromatic rings. The van der Waals surface area contributed by atoms with Crippen LogP contribution in [0, 0.1) is 11.6 Å². The van der Waals surface area contributed by atoms with Gasteiger partial charge in [-0.2, -0.15) is 0 Å².